The van der Waals surface area contributed by atoms with E-state index >= 15 is 0 Å². The van der Waals surface area contributed by atoms with Gasteiger partial charge in [-0.25, -0.2) is 9.78 Å². The average molecular weight is 276 g/mol. The Morgan fingerprint density at radius 1 is 1.21 bits per heavy atom. The Hall–Kier alpha value is -2.41. The molecule has 1 unspecified atom stereocenters. The molecule has 1 heterocycles. The van der Waals surface area contributed by atoms with Crippen LogP contribution in [0.1, 0.15) is 10.6 Å². The van der Waals surface area contributed by atoms with E-state index in [-0.39, 0.29) is 0 Å². The van der Waals surface area contributed by atoms with Gasteiger partial charge in [-0.3, -0.25) is 4.79 Å². The van der Waals surface area contributed by atoms with Crippen LogP contribution in [0.3, 0.4) is 0 Å². The topological polar surface area (TPSA) is 111 Å². The second kappa shape index (κ2) is 5.07. The minimum absolute atomic E-state index is 0.366. The van der Waals surface area contributed by atoms with Crippen LogP contribution in [0.25, 0.3) is 0 Å². The van der Waals surface area contributed by atoms with Crippen LogP contribution in [-0.2, 0) is 10.3 Å². The van der Waals surface area contributed by atoms with Crippen LogP contribution in [0.4, 0.5) is 4.79 Å². The van der Waals surface area contributed by atoms with E-state index in [0.29, 0.717) is 10.6 Å². The number of aromatic nitrogens is 1. The first-order valence-corrected chi connectivity index (χ1v) is 6.28. The van der Waals surface area contributed by atoms with Crippen molar-refractivity contribution in [1.82, 2.24) is 10.3 Å². The van der Waals surface area contributed by atoms with Gasteiger partial charge in [0.15, 0.2) is 5.54 Å². The van der Waals surface area contributed by atoms with Crippen molar-refractivity contribution < 1.29 is 9.59 Å². The number of hydrogen-bond acceptors (Lipinski definition) is 4. The number of carbonyl (C=O) groups excluding carboxylic acids is 2. The Morgan fingerprint density at radius 3 is 2.37 bits per heavy atom. The maximum Gasteiger partial charge on any atom is 0.313 e. The van der Waals surface area contributed by atoms with Gasteiger partial charge in [-0.2, -0.15) is 0 Å². The summed E-state index contributed by atoms with van der Waals surface area (Å²) in [6.45, 7) is 0. The van der Waals surface area contributed by atoms with Crippen LogP contribution in [0.15, 0.2) is 41.9 Å². The molecule has 2 aromatic rings. The van der Waals surface area contributed by atoms with Crippen LogP contribution in [-0.4, -0.2) is 16.9 Å². The van der Waals surface area contributed by atoms with Crippen molar-refractivity contribution in [2.75, 3.05) is 0 Å². The number of primary amides is 2. The predicted octanol–water partition coefficient (Wildman–Crippen LogP) is 0.540. The molecule has 1 atom stereocenters. The van der Waals surface area contributed by atoms with E-state index in [1.165, 1.54) is 17.5 Å². The zero-order chi connectivity index (χ0) is 13.9. The van der Waals surface area contributed by atoms with Gasteiger partial charge in [0.25, 0.3) is 5.91 Å². The lowest BCUT2D eigenvalue weighted by Gasteiger charge is -2.29. The van der Waals surface area contributed by atoms with E-state index in [9.17, 15) is 9.59 Å². The van der Waals surface area contributed by atoms with Gasteiger partial charge in [0.2, 0.25) is 0 Å². The third-order valence-electron chi connectivity index (χ3n) is 2.64. The van der Waals surface area contributed by atoms with E-state index < -0.39 is 17.5 Å². The molecule has 0 radical (unpaired) electrons. The van der Waals surface area contributed by atoms with Gasteiger partial charge in [0.05, 0.1) is 0 Å². The van der Waals surface area contributed by atoms with E-state index in [1.807, 2.05) is 0 Å². The van der Waals surface area contributed by atoms with Gasteiger partial charge in [0, 0.05) is 11.6 Å². The monoisotopic (exact) mass is 276 g/mol. The first kappa shape index (κ1) is 13.0. The Kier molecular flexibility index (Phi) is 3.48. The third-order valence-corrected chi connectivity index (χ3v) is 3.53. The van der Waals surface area contributed by atoms with E-state index in [2.05, 4.69) is 10.3 Å². The largest absolute Gasteiger partial charge is 0.367 e. The van der Waals surface area contributed by atoms with Crippen molar-refractivity contribution in [1.29, 1.82) is 0 Å². The zero-order valence-corrected chi connectivity index (χ0v) is 10.7. The summed E-state index contributed by atoms with van der Waals surface area (Å²) >= 11 is 1.21. The van der Waals surface area contributed by atoms with Crippen molar-refractivity contribution in [3.63, 3.8) is 0 Å². The Bertz CT molecular complexity index is 585. The summed E-state index contributed by atoms with van der Waals surface area (Å²) in [7, 11) is 0. The van der Waals surface area contributed by atoms with E-state index in [4.69, 9.17) is 11.5 Å². The molecule has 3 amide bonds. The molecule has 19 heavy (non-hydrogen) atoms. The first-order valence-electron chi connectivity index (χ1n) is 5.40. The minimum atomic E-state index is -1.54. The quantitative estimate of drug-likeness (QED) is 0.757. The number of nitrogens with two attached hydrogens (primary N) is 2. The molecule has 0 aliphatic heterocycles. The Labute approximate surface area is 113 Å². The highest BCUT2D eigenvalue weighted by atomic mass is 32.1. The lowest BCUT2D eigenvalue weighted by molar-refractivity contribution is -0.122. The number of carbonyl (C=O) groups is 2. The van der Waals surface area contributed by atoms with Crippen LogP contribution in [0.5, 0.6) is 0 Å². The standard InChI is InChI=1S/C12H12N4O2S/c13-9(17)12(16-11(14)18,10-15-6-7-19-10)8-4-2-1-3-5-8/h1-7H,(H2,13,17)(H3,14,16,18). The highest BCUT2D eigenvalue weighted by molar-refractivity contribution is 7.09. The number of nitrogens with zero attached hydrogens (tertiary/aromatic N) is 1. The number of nitrogens with one attached hydrogen (secondary N) is 1. The summed E-state index contributed by atoms with van der Waals surface area (Å²) in [5, 5.41) is 4.48. The maximum absolute atomic E-state index is 12.0. The van der Waals surface area contributed by atoms with Crippen LogP contribution < -0.4 is 16.8 Å². The number of thiazole rings is 1. The fourth-order valence-corrected chi connectivity index (χ4v) is 2.66. The molecule has 0 spiro atoms. The molecule has 1 aromatic carbocycles. The number of rotatable bonds is 4. The summed E-state index contributed by atoms with van der Waals surface area (Å²) in [5.41, 5.74) is 9.65. The molecule has 2 rings (SSSR count). The molecular formula is C12H12N4O2S. The zero-order valence-electron chi connectivity index (χ0n) is 9.87. The molecule has 7 heteroatoms. The maximum atomic E-state index is 12.0. The van der Waals surface area contributed by atoms with Gasteiger partial charge in [0.1, 0.15) is 5.01 Å². The average Bonchev–Trinajstić information content (AvgIpc) is 2.90. The molecule has 0 saturated carbocycles. The lowest BCUT2D eigenvalue weighted by atomic mass is 9.89. The first-order chi connectivity index (χ1) is 9.07. The van der Waals surface area contributed by atoms with Gasteiger partial charge >= 0.3 is 6.03 Å². The van der Waals surface area contributed by atoms with Crippen LogP contribution >= 0.6 is 11.3 Å². The molecule has 6 nitrogen and oxygen atoms in total. The van der Waals surface area contributed by atoms with E-state index in [0.717, 1.165) is 0 Å². The SMILES string of the molecule is NC(=O)NC(C(N)=O)(c1ccccc1)c1nccs1. The van der Waals surface area contributed by atoms with Crippen LogP contribution in [0.2, 0.25) is 0 Å². The molecule has 0 aliphatic rings. The predicted molar refractivity (Wildman–Crippen MR) is 71.2 cm³/mol. The Morgan fingerprint density at radius 2 is 1.89 bits per heavy atom. The van der Waals surface area contributed by atoms with Crippen molar-refractivity contribution in [2.24, 2.45) is 11.5 Å². The number of urea groups is 1. The molecule has 0 bridgehead atoms. The third kappa shape index (κ3) is 2.27. The summed E-state index contributed by atoms with van der Waals surface area (Å²) in [6.07, 6.45) is 1.53. The van der Waals surface area contributed by atoms with Gasteiger partial charge in [-0.15, -0.1) is 11.3 Å². The van der Waals surface area contributed by atoms with Gasteiger partial charge < -0.3 is 16.8 Å². The Balaban J connectivity index is 2.66. The number of amides is 3. The molecule has 0 aliphatic carbocycles. The fraction of sp³-hybridized carbons (Fsp3) is 0.0833. The van der Waals surface area contributed by atoms with E-state index in [1.54, 1.807) is 35.7 Å². The minimum Gasteiger partial charge on any atom is -0.367 e. The van der Waals surface area contributed by atoms with Gasteiger partial charge in [-0.05, 0) is 5.56 Å². The molecule has 0 saturated heterocycles. The number of benzene rings is 1. The van der Waals surface area contributed by atoms with Gasteiger partial charge in [-0.1, -0.05) is 30.3 Å². The van der Waals surface area contributed by atoms with Crippen molar-refractivity contribution in [3.8, 4) is 0 Å². The van der Waals surface area contributed by atoms with Crippen molar-refractivity contribution in [2.45, 2.75) is 5.54 Å². The molecule has 5 N–H and O–H groups in total. The van der Waals surface area contributed by atoms with Crippen molar-refractivity contribution >= 4 is 23.3 Å². The normalized spacial score (nSPS) is 13.5. The summed E-state index contributed by atoms with van der Waals surface area (Å²) in [5.74, 6) is -0.743. The second-order valence-electron chi connectivity index (χ2n) is 3.81. The van der Waals surface area contributed by atoms with Crippen LogP contribution in [0, 0.1) is 0 Å². The molecule has 0 fully saturated rings. The smallest absolute Gasteiger partial charge is 0.313 e. The molecular weight excluding hydrogens is 264 g/mol. The van der Waals surface area contributed by atoms with Crippen molar-refractivity contribution in [3.05, 3.63) is 52.5 Å². The second-order valence-corrected chi connectivity index (χ2v) is 4.70. The highest BCUT2D eigenvalue weighted by Crippen LogP contribution is 2.30. The molecule has 1 aromatic heterocycles. The fourth-order valence-electron chi connectivity index (χ4n) is 1.84. The summed E-state index contributed by atoms with van der Waals surface area (Å²) < 4.78 is 0. The summed E-state index contributed by atoms with van der Waals surface area (Å²) in [6, 6.07) is 7.79. The number of hydrogen-bond donors (Lipinski definition) is 3. The molecule has 98 valence electrons. The highest BCUT2D eigenvalue weighted by Gasteiger charge is 2.44. The summed E-state index contributed by atoms with van der Waals surface area (Å²) in [4.78, 5) is 27.3. The lowest BCUT2D eigenvalue weighted by Crippen LogP contribution is -2.57.